The van der Waals surface area contributed by atoms with Gasteiger partial charge in [0.25, 0.3) is 0 Å². The molecule has 1 N–H and O–H groups in total. The first kappa shape index (κ1) is 12.7. The lowest BCUT2D eigenvalue weighted by molar-refractivity contribution is -0.163. The minimum Gasteiger partial charge on any atom is -0.386 e. The molecule has 0 radical (unpaired) electrons. The Hall–Kier alpha value is -0.710. The number of likely N-dealkylation sites (tertiary alicyclic amines) is 1. The average Bonchev–Trinajstić information content (AvgIpc) is 2.24. The summed E-state index contributed by atoms with van der Waals surface area (Å²) in [6, 6.07) is 0. The second-order valence-electron chi connectivity index (χ2n) is 5.40. The summed E-state index contributed by atoms with van der Waals surface area (Å²) in [5.41, 5.74) is -0.742. The first-order chi connectivity index (χ1) is 7.85. The molecule has 17 heavy (non-hydrogen) atoms. The van der Waals surface area contributed by atoms with Gasteiger partial charge in [0, 0.05) is 18.8 Å². The molecule has 0 unspecified atom stereocenters. The van der Waals surface area contributed by atoms with Crippen LogP contribution in [0.4, 0.5) is 8.78 Å². The molecule has 3 nitrogen and oxygen atoms in total. The standard InChI is InChI=1S/C12H19F2NO2/c1-2-11(17)7-15(8-11)10(16)9-3-5-12(13,14)6-4-9/h9,17H,2-8H2,1H3. The van der Waals surface area contributed by atoms with Gasteiger partial charge in [-0.2, -0.15) is 0 Å². The predicted octanol–water partition coefficient (Wildman–Crippen LogP) is 1.80. The summed E-state index contributed by atoms with van der Waals surface area (Å²) in [4.78, 5) is 13.6. The van der Waals surface area contributed by atoms with Crippen molar-refractivity contribution in [2.24, 2.45) is 5.92 Å². The van der Waals surface area contributed by atoms with Crippen molar-refractivity contribution in [3.8, 4) is 0 Å². The Bertz CT molecular complexity index is 304. The van der Waals surface area contributed by atoms with Crippen molar-refractivity contribution in [1.82, 2.24) is 4.90 Å². The molecule has 1 aliphatic heterocycles. The van der Waals surface area contributed by atoms with Crippen LogP contribution < -0.4 is 0 Å². The van der Waals surface area contributed by atoms with E-state index < -0.39 is 11.5 Å². The lowest BCUT2D eigenvalue weighted by Crippen LogP contribution is -2.64. The van der Waals surface area contributed by atoms with E-state index in [1.54, 1.807) is 4.90 Å². The van der Waals surface area contributed by atoms with Gasteiger partial charge in [0.2, 0.25) is 11.8 Å². The zero-order valence-electron chi connectivity index (χ0n) is 10.1. The van der Waals surface area contributed by atoms with E-state index in [1.807, 2.05) is 6.92 Å². The molecule has 1 heterocycles. The molecule has 2 fully saturated rings. The Kier molecular flexibility index (Phi) is 3.14. The Morgan fingerprint density at radius 1 is 1.35 bits per heavy atom. The van der Waals surface area contributed by atoms with Crippen LogP contribution in [0.25, 0.3) is 0 Å². The lowest BCUT2D eigenvalue weighted by Gasteiger charge is -2.47. The van der Waals surface area contributed by atoms with Gasteiger partial charge in [-0.15, -0.1) is 0 Å². The summed E-state index contributed by atoms with van der Waals surface area (Å²) in [6.07, 6.45) is 0.796. The molecule has 1 saturated carbocycles. The third-order valence-electron chi connectivity index (χ3n) is 4.01. The molecule has 0 spiro atoms. The Balaban J connectivity index is 1.83. The Labute approximate surface area is 99.8 Å². The van der Waals surface area contributed by atoms with Gasteiger partial charge in [-0.1, -0.05) is 6.92 Å². The second-order valence-corrected chi connectivity index (χ2v) is 5.40. The maximum atomic E-state index is 13.0. The number of aliphatic hydroxyl groups is 1. The molecule has 5 heteroatoms. The van der Waals surface area contributed by atoms with Crippen molar-refractivity contribution in [1.29, 1.82) is 0 Å². The van der Waals surface area contributed by atoms with Gasteiger partial charge in [0.05, 0.1) is 18.7 Å². The van der Waals surface area contributed by atoms with Gasteiger partial charge in [0.15, 0.2) is 0 Å². The highest BCUT2D eigenvalue weighted by molar-refractivity contribution is 5.80. The fraction of sp³-hybridized carbons (Fsp3) is 0.917. The smallest absolute Gasteiger partial charge is 0.248 e. The fourth-order valence-corrected chi connectivity index (χ4v) is 2.59. The van der Waals surface area contributed by atoms with Gasteiger partial charge in [0.1, 0.15) is 0 Å². The lowest BCUT2D eigenvalue weighted by atomic mass is 9.83. The topological polar surface area (TPSA) is 40.5 Å². The van der Waals surface area contributed by atoms with Crippen LogP contribution >= 0.6 is 0 Å². The van der Waals surface area contributed by atoms with Gasteiger partial charge < -0.3 is 10.0 Å². The van der Waals surface area contributed by atoms with Crippen molar-refractivity contribution in [2.75, 3.05) is 13.1 Å². The predicted molar refractivity (Wildman–Crippen MR) is 58.7 cm³/mol. The molecule has 0 aromatic rings. The SMILES string of the molecule is CCC1(O)CN(C(=O)C2CCC(F)(F)CC2)C1. The van der Waals surface area contributed by atoms with Crippen molar-refractivity contribution in [3.63, 3.8) is 0 Å². The van der Waals surface area contributed by atoms with Crippen LogP contribution in [0.2, 0.25) is 0 Å². The highest BCUT2D eigenvalue weighted by Crippen LogP contribution is 2.38. The summed E-state index contributed by atoms with van der Waals surface area (Å²) in [5, 5.41) is 9.81. The van der Waals surface area contributed by atoms with Crippen LogP contribution in [0.3, 0.4) is 0 Å². The first-order valence-corrected chi connectivity index (χ1v) is 6.24. The van der Waals surface area contributed by atoms with Crippen LogP contribution in [-0.4, -0.2) is 40.5 Å². The number of β-amino-alcohol motifs (C(OH)–C–C–N with tert-alkyl or cyclic N) is 1. The van der Waals surface area contributed by atoms with E-state index in [4.69, 9.17) is 0 Å². The molecule has 0 aromatic heterocycles. The highest BCUT2D eigenvalue weighted by atomic mass is 19.3. The summed E-state index contributed by atoms with van der Waals surface area (Å²) in [7, 11) is 0. The molecule has 0 atom stereocenters. The monoisotopic (exact) mass is 247 g/mol. The Morgan fingerprint density at radius 2 is 1.88 bits per heavy atom. The molecule has 1 aliphatic carbocycles. The van der Waals surface area contributed by atoms with E-state index in [9.17, 15) is 18.7 Å². The fourth-order valence-electron chi connectivity index (χ4n) is 2.59. The minimum absolute atomic E-state index is 0.0568. The summed E-state index contributed by atoms with van der Waals surface area (Å²) in [6.45, 7) is 2.59. The van der Waals surface area contributed by atoms with Gasteiger partial charge >= 0.3 is 0 Å². The van der Waals surface area contributed by atoms with E-state index in [0.29, 0.717) is 19.5 Å². The molecule has 0 bridgehead atoms. The number of carbonyl (C=O) groups is 1. The summed E-state index contributed by atoms with van der Waals surface area (Å²) in [5.74, 6) is -2.91. The second kappa shape index (κ2) is 4.19. The third kappa shape index (κ3) is 2.59. The number of amides is 1. The number of rotatable bonds is 2. The average molecular weight is 247 g/mol. The molecular formula is C12H19F2NO2. The van der Waals surface area contributed by atoms with E-state index in [-0.39, 0.29) is 37.5 Å². The van der Waals surface area contributed by atoms with E-state index in [2.05, 4.69) is 0 Å². The van der Waals surface area contributed by atoms with E-state index >= 15 is 0 Å². The van der Waals surface area contributed by atoms with E-state index in [0.717, 1.165) is 0 Å². The van der Waals surface area contributed by atoms with E-state index in [1.165, 1.54) is 0 Å². The number of carbonyl (C=O) groups excluding carboxylic acids is 1. The maximum Gasteiger partial charge on any atom is 0.248 e. The maximum absolute atomic E-state index is 13.0. The van der Waals surface area contributed by atoms with Gasteiger partial charge in [-0.05, 0) is 19.3 Å². The Morgan fingerprint density at radius 3 is 2.35 bits per heavy atom. The number of hydrogen-bond acceptors (Lipinski definition) is 2. The molecule has 2 rings (SSSR count). The molecule has 0 aromatic carbocycles. The van der Waals surface area contributed by atoms with Crippen LogP contribution in [0, 0.1) is 5.92 Å². The number of halogens is 2. The van der Waals surface area contributed by atoms with Gasteiger partial charge in [-0.3, -0.25) is 4.79 Å². The summed E-state index contributed by atoms with van der Waals surface area (Å²) < 4.78 is 25.9. The van der Waals surface area contributed by atoms with Crippen LogP contribution in [-0.2, 0) is 4.79 Å². The quantitative estimate of drug-likeness (QED) is 0.808. The zero-order valence-corrected chi connectivity index (χ0v) is 10.1. The molecule has 2 aliphatic rings. The van der Waals surface area contributed by atoms with Crippen LogP contribution in [0.1, 0.15) is 39.0 Å². The van der Waals surface area contributed by atoms with Crippen molar-refractivity contribution in [3.05, 3.63) is 0 Å². The van der Waals surface area contributed by atoms with Crippen LogP contribution in [0.5, 0.6) is 0 Å². The van der Waals surface area contributed by atoms with Crippen molar-refractivity contribution >= 4 is 5.91 Å². The first-order valence-electron chi connectivity index (χ1n) is 6.24. The third-order valence-corrected chi connectivity index (χ3v) is 4.01. The largest absolute Gasteiger partial charge is 0.386 e. The minimum atomic E-state index is -2.59. The molecular weight excluding hydrogens is 228 g/mol. The molecule has 1 amide bonds. The normalized spacial score (nSPS) is 27.6. The number of hydrogen-bond donors (Lipinski definition) is 1. The zero-order chi connectivity index (χ0) is 12.7. The van der Waals surface area contributed by atoms with Gasteiger partial charge in [-0.25, -0.2) is 8.78 Å². The highest BCUT2D eigenvalue weighted by Gasteiger charge is 2.45. The number of nitrogens with zero attached hydrogens (tertiary/aromatic N) is 1. The summed E-state index contributed by atoms with van der Waals surface area (Å²) >= 11 is 0. The number of alkyl halides is 2. The molecule has 1 saturated heterocycles. The van der Waals surface area contributed by atoms with Crippen molar-refractivity contribution in [2.45, 2.75) is 50.6 Å². The molecule has 98 valence electrons. The van der Waals surface area contributed by atoms with Crippen molar-refractivity contribution < 1.29 is 18.7 Å². The van der Waals surface area contributed by atoms with Crippen LogP contribution in [0.15, 0.2) is 0 Å².